The molecule has 0 radical (unpaired) electrons. The summed E-state index contributed by atoms with van der Waals surface area (Å²) < 4.78 is 2.07. The van der Waals surface area contributed by atoms with Crippen molar-refractivity contribution in [1.82, 2.24) is 25.1 Å². The molecule has 7 heteroatoms. The summed E-state index contributed by atoms with van der Waals surface area (Å²) in [6, 6.07) is 13.6. The molecule has 3 aromatic rings. The van der Waals surface area contributed by atoms with Crippen LogP contribution in [0, 0.1) is 5.92 Å². The molecule has 0 spiro atoms. The number of thiophene rings is 1. The number of rotatable bonds is 7. The van der Waals surface area contributed by atoms with Gasteiger partial charge in [0.05, 0.1) is 6.33 Å². The van der Waals surface area contributed by atoms with E-state index in [4.69, 9.17) is 0 Å². The largest absolute Gasteiger partial charge is 0.356 e. The van der Waals surface area contributed by atoms with Crippen LogP contribution in [0.2, 0.25) is 0 Å². The molecule has 2 atom stereocenters. The van der Waals surface area contributed by atoms with Crippen molar-refractivity contribution in [3.05, 3.63) is 76.5 Å². The number of imidazole rings is 1. The molecule has 1 aliphatic heterocycles. The molecule has 0 saturated carbocycles. The fourth-order valence-electron chi connectivity index (χ4n) is 4.37. The first kappa shape index (κ1) is 21.6. The molecule has 0 amide bonds. The minimum atomic E-state index is 0.488. The summed E-state index contributed by atoms with van der Waals surface area (Å²) in [6.07, 6.45) is 8.14. The molecular weight excluding hydrogens is 404 g/mol. The molecule has 2 unspecified atom stereocenters. The molecular formula is C24H32N6S. The minimum absolute atomic E-state index is 0.488. The summed E-state index contributed by atoms with van der Waals surface area (Å²) in [5.41, 5.74) is 2.51. The van der Waals surface area contributed by atoms with Crippen LogP contribution in [0.1, 0.15) is 34.9 Å². The zero-order valence-electron chi connectivity index (χ0n) is 18.4. The van der Waals surface area contributed by atoms with Gasteiger partial charge in [-0.25, -0.2) is 4.98 Å². The molecule has 0 bridgehead atoms. The average molecular weight is 437 g/mol. The number of aromatic nitrogens is 2. The van der Waals surface area contributed by atoms with E-state index in [2.05, 4.69) is 78.9 Å². The van der Waals surface area contributed by atoms with Gasteiger partial charge >= 0.3 is 0 Å². The molecule has 1 fully saturated rings. The first-order chi connectivity index (χ1) is 15.2. The van der Waals surface area contributed by atoms with Crippen molar-refractivity contribution in [1.29, 1.82) is 0 Å². The van der Waals surface area contributed by atoms with Crippen LogP contribution in [0.5, 0.6) is 0 Å². The number of nitrogens with one attached hydrogen (secondary N) is 2. The van der Waals surface area contributed by atoms with E-state index in [0.717, 1.165) is 25.6 Å². The van der Waals surface area contributed by atoms with Crippen molar-refractivity contribution in [2.75, 3.05) is 27.2 Å². The Kier molecular flexibility index (Phi) is 7.38. The topological polar surface area (TPSA) is 57.5 Å². The van der Waals surface area contributed by atoms with E-state index in [1.54, 1.807) is 0 Å². The summed E-state index contributed by atoms with van der Waals surface area (Å²) in [4.78, 5) is 12.5. The summed E-state index contributed by atoms with van der Waals surface area (Å²) in [5.74, 6) is 1.44. The number of hydrogen-bond acceptors (Lipinski definition) is 4. The van der Waals surface area contributed by atoms with Gasteiger partial charge in [0.15, 0.2) is 5.96 Å². The van der Waals surface area contributed by atoms with E-state index >= 15 is 0 Å². The molecule has 1 aliphatic rings. The molecule has 31 heavy (non-hydrogen) atoms. The number of likely N-dealkylation sites (tertiary alicyclic amines) is 1. The SMILES string of the molecule is CN=C(NCc1ccc(Cn2ccnc2)cc1)NCC1CCCN(C)C1c1cccs1. The highest BCUT2D eigenvalue weighted by molar-refractivity contribution is 7.10. The van der Waals surface area contributed by atoms with E-state index in [9.17, 15) is 0 Å². The zero-order valence-corrected chi connectivity index (χ0v) is 19.2. The van der Waals surface area contributed by atoms with Crippen molar-refractivity contribution < 1.29 is 0 Å². The van der Waals surface area contributed by atoms with E-state index in [-0.39, 0.29) is 0 Å². The van der Waals surface area contributed by atoms with Crippen LogP contribution in [0.3, 0.4) is 0 Å². The molecule has 164 valence electrons. The summed E-state index contributed by atoms with van der Waals surface area (Å²) >= 11 is 1.87. The quantitative estimate of drug-likeness (QED) is 0.438. The second-order valence-electron chi connectivity index (χ2n) is 8.20. The van der Waals surface area contributed by atoms with Crippen LogP contribution in [0.25, 0.3) is 0 Å². The molecule has 1 saturated heterocycles. The van der Waals surface area contributed by atoms with E-state index in [1.807, 2.05) is 37.1 Å². The number of guanidine groups is 1. The number of hydrogen-bond donors (Lipinski definition) is 2. The number of aliphatic imine (C=N–C) groups is 1. The van der Waals surface area contributed by atoms with Crippen LogP contribution < -0.4 is 10.6 Å². The van der Waals surface area contributed by atoms with Gasteiger partial charge in [-0.3, -0.25) is 9.89 Å². The van der Waals surface area contributed by atoms with Gasteiger partial charge in [-0.2, -0.15) is 0 Å². The Hall–Kier alpha value is -2.64. The minimum Gasteiger partial charge on any atom is -0.356 e. The number of benzene rings is 1. The number of piperidine rings is 1. The van der Waals surface area contributed by atoms with Gasteiger partial charge in [-0.15, -0.1) is 11.3 Å². The van der Waals surface area contributed by atoms with E-state index < -0.39 is 0 Å². The normalized spacial score (nSPS) is 20.0. The Balaban J connectivity index is 1.28. The van der Waals surface area contributed by atoms with Crippen LogP contribution in [0.15, 0.2) is 65.5 Å². The van der Waals surface area contributed by atoms with Gasteiger partial charge in [-0.05, 0) is 54.9 Å². The third-order valence-electron chi connectivity index (χ3n) is 6.00. The highest BCUT2D eigenvalue weighted by Crippen LogP contribution is 2.36. The summed E-state index contributed by atoms with van der Waals surface area (Å²) in [5, 5.41) is 9.22. The molecule has 4 rings (SSSR count). The predicted octanol–water partition coefficient (Wildman–Crippen LogP) is 3.74. The highest BCUT2D eigenvalue weighted by atomic mass is 32.1. The Morgan fingerprint density at radius 1 is 1.19 bits per heavy atom. The first-order valence-corrected chi connectivity index (χ1v) is 11.8. The standard InChI is InChI=1S/C24H32N6S/c1-25-24(27-15-19-7-9-20(10-8-19)17-30-13-11-26-18-30)28-16-21-5-3-12-29(2)23(21)22-6-4-14-31-22/h4,6-11,13-14,18,21,23H,3,5,12,15-17H2,1-2H3,(H2,25,27,28). The Bertz CT molecular complexity index is 933. The maximum atomic E-state index is 4.43. The lowest BCUT2D eigenvalue weighted by atomic mass is 9.88. The van der Waals surface area contributed by atoms with Crippen molar-refractivity contribution in [3.8, 4) is 0 Å². The lowest BCUT2D eigenvalue weighted by molar-refractivity contribution is 0.125. The predicted molar refractivity (Wildman–Crippen MR) is 128 cm³/mol. The second kappa shape index (κ2) is 10.6. The monoisotopic (exact) mass is 436 g/mol. The van der Waals surface area contributed by atoms with Crippen molar-refractivity contribution in [2.45, 2.75) is 32.0 Å². The van der Waals surface area contributed by atoms with E-state index in [1.165, 1.54) is 35.4 Å². The molecule has 0 aliphatic carbocycles. The Morgan fingerprint density at radius 2 is 2.03 bits per heavy atom. The van der Waals surface area contributed by atoms with Crippen LogP contribution in [-0.2, 0) is 13.1 Å². The van der Waals surface area contributed by atoms with Gasteiger partial charge in [0.2, 0.25) is 0 Å². The highest BCUT2D eigenvalue weighted by Gasteiger charge is 2.31. The lowest BCUT2D eigenvalue weighted by Gasteiger charge is -2.39. The smallest absolute Gasteiger partial charge is 0.191 e. The van der Waals surface area contributed by atoms with Gasteiger partial charge in [0.1, 0.15) is 0 Å². The maximum absolute atomic E-state index is 4.43. The fraction of sp³-hybridized carbons (Fsp3) is 0.417. The Labute approximate surface area is 189 Å². The summed E-state index contributed by atoms with van der Waals surface area (Å²) in [7, 11) is 4.09. The second-order valence-corrected chi connectivity index (χ2v) is 9.18. The molecule has 6 nitrogen and oxygen atoms in total. The van der Waals surface area contributed by atoms with Gasteiger partial charge in [0, 0.05) is 50.0 Å². The Morgan fingerprint density at radius 3 is 2.74 bits per heavy atom. The third kappa shape index (κ3) is 5.74. The van der Waals surface area contributed by atoms with Gasteiger partial charge < -0.3 is 15.2 Å². The number of nitrogens with zero attached hydrogens (tertiary/aromatic N) is 4. The molecule has 1 aromatic carbocycles. The van der Waals surface area contributed by atoms with Gasteiger partial charge in [-0.1, -0.05) is 30.3 Å². The van der Waals surface area contributed by atoms with Crippen molar-refractivity contribution >= 4 is 17.3 Å². The van der Waals surface area contributed by atoms with E-state index in [0.29, 0.717) is 12.0 Å². The van der Waals surface area contributed by atoms with Crippen molar-refractivity contribution in [3.63, 3.8) is 0 Å². The third-order valence-corrected chi connectivity index (χ3v) is 6.95. The van der Waals surface area contributed by atoms with Crippen molar-refractivity contribution in [2.24, 2.45) is 10.9 Å². The van der Waals surface area contributed by atoms with Crippen LogP contribution >= 0.6 is 11.3 Å². The van der Waals surface area contributed by atoms with Crippen LogP contribution in [-0.4, -0.2) is 47.6 Å². The average Bonchev–Trinajstić information content (AvgIpc) is 3.49. The lowest BCUT2D eigenvalue weighted by Crippen LogP contribution is -2.44. The molecule has 3 heterocycles. The fourth-order valence-corrected chi connectivity index (χ4v) is 5.35. The van der Waals surface area contributed by atoms with Crippen LogP contribution in [0.4, 0.5) is 0 Å². The first-order valence-electron chi connectivity index (χ1n) is 10.9. The molecule has 2 N–H and O–H groups in total. The van der Waals surface area contributed by atoms with Gasteiger partial charge in [0.25, 0.3) is 0 Å². The zero-order chi connectivity index (χ0) is 21.5. The maximum Gasteiger partial charge on any atom is 0.191 e. The molecule has 2 aromatic heterocycles. The summed E-state index contributed by atoms with van der Waals surface area (Å²) in [6.45, 7) is 3.70.